The van der Waals surface area contributed by atoms with E-state index in [2.05, 4.69) is 6.07 Å². The Kier molecular flexibility index (Phi) is 5.18. The van der Waals surface area contributed by atoms with Crippen molar-refractivity contribution in [3.63, 3.8) is 0 Å². The van der Waals surface area contributed by atoms with E-state index in [0.29, 0.717) is 22.9 Å². The van der Waals surface area contributed by atoms with Crippen molar-refractivity contribution in [1.29, 1.82) is 5.26 Å². The molecule has 0 bridgehead atoms. The molecule has 0 amide bonds. The third-order valence-electron chi connectivity index (χ3n) is 2.61. The lowest BCUT2D eigenvalue weighted by Crippen LogP contribution is -2.10. The van der Waals surface area contributed by atoms with Crippen molar-refractivity contribution in [2.24, 2.45) is 5.41 Å². The Hall–Kier alpha value is -1.53. The lowest BCUT2D eigenvalue weighted by Gasteiger charge is -2.15. The van der Waals surface area contributed by atoms with Crippen LogP contribution in [0, 0.1) is 16.7 Å². The van der Waals surface area contributed by atoms with E-state index in [9.17, 15) is 4.79 Å². The summed E-state index contributed by atoms with van der Waals surface area (Å²) < 4.78 is 5.52. The van der Waals surface area contributed by atoms with Gasteiger partial charge in [0.15, 0.2) is 6.29 Å². The van der Waals surface area contributed by atoms with E-state index in [0.717, 1.165) is 19.1 Å². The Balaban J connectivity index is 2.50. The predicted molar refractivity (Wildman–Crippen MR) is 71.0 cm³/mol. The Morgan fingerprint density at radius 3 is 2.83 bits per heavy atom. The minimum absolute atomic E-state index is 0.336. The zero-order chi connectivity index (χ0) is 13.6. The van der Waals surface area contributed by atoms with Gasteiger partial charge in [-0.05, 0) is 44.9 Å². The van der Waals surface area contributed by atoms with E-state index in [-0.39, 0.29) is 5.41 Å². The number of carbonyl (C=O) groups is 1. The smallest absolute Gasteiger partial charge is 0.153 e. The van der Waals surface area contributed by atoms with Crippen molar-refractivity contribution in [3.05, 3.63) is 28.8 Å². The quantitative estimate of drug-likeness (QED) is 0.580. The maximum absolute atomic E-state index is 10.8. The fourth-order valence-corrected chi connectivity index (χ4v) is 1.68. The van der Waals surface area contributed by atoms with E-state index in [1.807, 2.05) is 13.8 Å². The van der Waals surface area contributed by atoms with Gasteiger partial charge < -0.3 is 4.74 Å². The second-order valence-electron chi connectivity index (χ2n) is 4.75. The maximum Gasteiger partial charge on any atom is 0.153 e. The lowest BCUT2D eigenvalue weighted by atomic mass is 9.90. The summed E-state index contributed by atoms with van der Waals surface area (Å²) in [4.78, 5) is 10.8. The fraction of sp³-hybridized carbons (Fsp3) is 0.429. The van der Waals surface area contributed by atoms with Gasteiger partial charge in [-0.15, -0.1) is 0 Å². The normalized spacial score (nSPS) is 10.8. The van der Waals surface area contributed by atoms with Gasteiger partial charge in [0.25, 0.3) is 0 Å². The van der Waals surface area contributed by atoms with Crippen LogP contribution in [0.15, 0.2) is 18.2 Å². The van der Waals surface area contributed by atoms with Gasteiger partial charge in [0.1, 0.15) is 5.75 Å². The average molecular weight is 266 g/mol. The van der Waals surface area contributed by atoms with Gasteiger partial charge in [0.2, 0.25) is 0 Å². The Morgan fingerprint density at radius 2 is 2.22 bits per heavy atom. The molecule has 3 nitrogen and oxygen atoms in total. The second kappa shape index (κ2) is 6.42. The summed E-state index contributed by atoms with van der Waals surface area (Å²) in [7, 11) is 0. The number of aldehydes is 1. The minimum atomic E-state index is -0.336. The highest BCUT2D eigenvalue weighted by Crippen LogP contribution is 2.23. The van der Waals surface area contributed by atoms with Crippen molar-refractivity contribution in [2.45, 2.75) is 26.7 Å². The number of hydrogen-bond donors (Lipinski definition) is 0. The molecule has 18 heavy (non-hydrogen) atoms. The summed E-state index contributed by atoms with van der Waals surface area (Å²) in [6, 6.07) is 7.18. The van der Waals surface area contributed by atoms with Crippen molar-refractivity contribution < 1.29 is 9.53 Å². The van der Waals surface area contributed by atoms with Gasteiger partial charge >= 0.3 is 0 Å². The van der Waals surface area contributed by atoms with E-state index in [1.165, 1.54) is 0 Å². The number of halogens is 1. The van der Waals surface area contributed by atoms with Gasteiger partial charge in [0, 0.05) is 5.02 Å². The molecule has 0 saturated carbocycles. The van der Waals surface area contributed by atoms with Crippen LogP contribution in [0.4, 0.5) is 0 Å². The molecular weight excluding hydrogens is 250 g/mol. The van der Waals surface area contributed by atoms with E-state index < -0.39 is 0 Å². The van der Waals surface area contributed by atoms with Crippen LogP contribution in [0.1, 0.15) is 37.0 Å². The van der Waals surface area contributed by atoms with Crippen molar-refractivity contribution in [3.8, 4) is 11.8 Å². The Morgan fingerprint density at radius 1 is 1.50 bits per heavy atom. The summed E-state index contributed by atoms with van der Waals surface area (Å²) >= 11 is 5.79. The molecule has 0 aromatic heterocycles. The Bertz CT molecular complexity index is 463. The van der Waals surface area contributed by atoms with E-state index in [4.69, 9.17) is 21.6 Å². The van der Waals surface area contributed by atoms with Crippen LogP contribution >= 0.6 is 11.6 Å². The standard InChI is InChI=1S/C14H16ClNO2/c1-14(2,10-16)6-3-7-18-13-5-4-12(15)8-11(13)9-17/h4-5,8-9H,3,6-7H2,1-2H3. The molecule has 0 aliphatic carbocycles. The van der Waals surface area contributed by atoms with Crippen LogP contribution in [-0.2, 0) is 0 Å². The van der Waals surface area contributed by atoms with Crippen LogP contribution in [0.25, 0.3) is 0 Å². The first-order valence-electron chi connectivity index (χ1n) is 5.77. The molecule has 0 atom stereocenters. The number of benzene rings is 1. The number of ether oxygens (including phenoxy) is 1. The zero-order valence-electron chi connectivity index (χ0n) is 10.6. The van der Waals surface area contributed by atoms with Crippen LogP contribution in [-0.4, -0.2) is 12.9 Å². The summed E-state index contributed by atoms with van der Waals surface area (Å²) in [6.07, 6.45) is 2.25. The molecular formula is C14H16ClNO2. The van der Waals surface area contributed by atoms with Crippen molar-refractivity contribution in [2.75, 3.05) is 6.61 Å². The second-order valence-corrected chi connectivity index (χ2v) is 5.18. The van der Waals surface area contributed by atoms with Gasteiger partial charge in [-0.1, -0.05) is 11.6 Å². The molecule has 96 valence electrons. The topological polar surface area (TPSA) is 50.1 Å². The fourth-order valence-electron chi connectivity index (χ4n) is 1.49. The molecule has 0 radical (unpaired) electrons. The lowest BCUT2D eigenvalue weighted by molar-refractivity contribution is 0.111. The molecule has 0 spiro atoms. The number of carbonyl (C=O) groups excluding carboxylic acids is 1. The van der Waals surface area contributed by atoms with Gasteiger partial charge in [-0.2, -0.15) is 5.26 Å². The van der Waals surface area contributed by atoms with Gasteiger partial charge in [0.05, 0.1) is 23.7 Å². The SMILES string of the molecule is CC(C)(C#N)CCCOc1ccc(Cl)cc1C=O. The largest absolute Gasteiger partial charge is 0.493 e. The molecule has 0 saturated heterocycles. The summed E-state index contributed by atoms with van der Waals surface area (Å²) in [5.74, 6) is 0.532. The van der Waals surface area contributed by atoms with Crippen molar-refractivity contribution >= 4 is 17.9 Å². The van der Waals surface area contributed by atoms with Gasteiger partial charge in [-0.3, -0.25) is 4.79 Å². The first kappa shape index (κ1) is 14.5. The molecule has 0 N–H and O–H groups in total. The summed E-state index contributed by atoms with van der Waals surface area (Å²) in [6.45, 7) is 4.27. The third-order valence-corrected chi connectivity index (χ3v) is 2.84. The van der Waals surface area contributed by atoms with Crippen LogP contribution < -0.4 is 4.74 Å². The monoisotopic (exact) mass is 265 g/mol. The molecule has 0 aliphatic heterocycles. The molecule has 1 aromatic rings. The number of hydrogen-bond acceptors (Lipinski definition) is 3. The molecule has 0 unspecified atom stereocenters. The van der Waals surface area contributed by atoms with Gasteiger partial charge in [-0.25, -0.2) is 0 Å². The summed E-state index contributed by atoms with van der Waals surface area (Å²) in [5, 5.41) is 9.38. The highest BCUT2D eigenvalue weighted by atomic mass is 35.5. The average Bonchev–Trinajstić information content (AvgIpc) is 2.36. The highest BCUT2D eigenvalue weighted by Gasteiger charge is 2.15. The minimum Gasteiger partial charge on any atom is -0.493 e. The van der Waals surface area contributed by atoms with E-state index >= 15 is 0 Å². The molecule has 0 aliphatic rings. The zero-order valence-corrected chi connectivity index (χ0v) is 11.3. The molecule has 4 heteroatoms. The highest BCUT2D eigenvalue weighted by molar-refractivity contribution is 6.30. The molecule has 1 rings (SSSR count). The van der Waals surface area contributed by atoms with Crippen LogP contribution in [0.2, 0.25) is 5.02 Å². The van der Waals surface area contributed by atoms with E-state index in [1.54, 1.807) is 18.2 Å². The Labute approximate surface area is 112 Å². The predicted octanol–water partition coefficient (Wildman–Crippen LogP) is 3.86. The number of nitrogens with zero attached hydrogens (tertiary/aromatic N) is 1. The van der Waals surface area contributed by atoms with Crippen LogP contribution in [0.3, 0.4) is 0 Å². The van der Waals surface area contributed by atoms with Crippen molar-refractivity contribution in [1.82, 2.24) is 0 Å². The number of nitriles is 1. The molecule has 1 aromatic carbocycles. The summed E-state index contributed by atoms with van der Waals surface area (Å²) in [5.41, 5.74) is 0.110. The maximum atomic E-state index is 10.8. The molecule has 0 fully saturated rings. The van der Waals surface area contributed by atoms with Crippen LogP contribution in [0.5, 0.6) is 5.75 Å². The first-order valence-corrected chi connectivity index (χ1v) is 6.15. The number of rotatable bonds is 6. The third kappa shape index (κ3) is 4.38. The molecule has 0 heterocycles. The first-order chi connectivity index (χ1) is 8.48.